The molecule has 0 atom stereocenters. The minimum atomic E-state index is -0.441. The molecule has 0 saturated carbocycles. The highest BCUT2D eigenvalue weighted by Gasteiger charge is 2.33. The monoisotopic (exact) mass is 269 g/mol. The molecule has 2 rings (SSSR count). The summed E-state index contributed by atoms with van der Waals surface area (Å²) in [4.78, 5) is 24.5. The third-order valence-electron chi connectivity index (χ3n) is 2.93. The van der Waals surface area contributed by atoms with Crippen LogP contribution in [0, 0.1) is 0 Å². The van der Waals surface area contributed by atoms with Gasteiger partial charge in [0, 0.05) is 7.05 Å². The van der Waals surface area contributed by atoms with Crippen LogP contribution in [-0.4, -0.2) is 35.3 Å². The second-order valence-electron chi connectivity index (χ2n) is 4.47. The van der Waals surface area contributed by atoms with E-state index in [-0.39, 0.29) is 23.7 Å². The Hall–Kier alpha value is -2.62. The summed E-state index contributed by atoms with van der Waals surface area (Å²) >= 11 is 0. The average molecular weight is 269 g/mol. The molecule has 4 heteroatoms. The van der Waals surface area contributed by atoms with E-state index in [9.17, 15) is 14.7 Å². The fourth-order valence-corrected chi connectivity index (χ4v) is 1.89. The van der Waals surface area contributed by atoms with Crippen LogP contribution in [0.4, 0.5) is 0 Å². The van der Waals surface area contributed by atoms with Crippen LogP contribution in [0.5, 0.6) is 0 Å². The molecular formula is C16H15NO3. The maximum Gasteiger partial charge on any atom is 0.261 e. The number of rotatable bonds is 3. The Morgan fingerprint density at radius 2 is 1.90 bits per heavy atom. The van der Waals surface area contributed by atoms with Crippen LogP contribution in [0.1, 0.15) is 5.56 Å². The first-order chi connectivity index (χ1) is 9.59. The summed E-state index contributed by atoms with van der Waals surface area (Å²) in [6.45, 7) is 0.0198. The topological polar surface area (TPSA) is 57.6 Å². The summed E-state index contributed by atoms with van der Waals surface area (Å²) in [5.74, 6) is -1.09. The quantitative estimate of drug-likeness (QED) is 0.396. The predicted octanol–water partition coefficient (Wildman–Crippen LogP) is 2.11. The van der Waals surface area contributed by atoms with Gasteiger partial charge >= 0.3 is 0 Å². The summed E-state index contributed by atoms with van der Waals surface area (Å²) in [5.41, 5.74) is 0.883. The minimum absolute atomic E-state index is 0.0198. The summed E-state index contributed by atoms with van der Waals surface area (Å²) in [6.07, 6.45) is 6.54. The van der Waals surface area contributed by atoms with Gasteiger partial charge in [0.1, 0.15) is 11.3 Å². The fraction of sp³-hybridized carbons (Fsp3) is 0.125. The number of amides is 1. The van der Waals surface area contributed by atoms with Gasteiger partial charge < -0.3 is 10.0 Å². The molecular weight excluding hydrogens is 254 g/mol. The lowest BCUT2D eigenvalue weighted by Gasteiger charge is -2.03. The number of hydrogen-bond donors (Lipinski definition) is 1. The van der Waals surface area contributed by atoms with Crippen molar-refractivity contribution in [3.05, 3.63) is 65.5 Å². The van der Waals surface area contributed by atoms with E-state index in [0.717, 1.165) is 5.56 Å². The number of Topliss-reactive ketones (excluding diaryl/α,β-unsaturated/α-hetero) is 1. The molecule has 0 spiro atoms. The largest absolute Gasteiger partial charge is 0.507 e. The van der Waals surface area contributed by atoms with E-state index in [2.05, 4.69) is 0 Å². The molecule has 0 bridgehead atoms. The second kappa shape index (κ2) is 6.02. The molecule has 0 aromatic heterocycles. The van der Waals surface area contributed by atoms with Crippen molar-refractivity contribution >= 4 is 17.8 Å². The lowest BCUT2D eigenvalue weighted by atomic mass is 10.1. The molecule has 102 valence electrons. The maximum atomic E-state index is 11.6. The molecule has 1 aromatic carbocycles. The Labute approximate surface area is 117 Å². The van der Waals surface area contributed by atoms with Gasteiger partial charge in [0.2, 0.25) is 0 Å². The molecule has 1 amide bonds. The summed E-state index contributed by atoms with van der Waals surface area (Å²) < 4.78 is 0. The van der Waals surface area contributed by atoms with Gasteiger partial charge in [-0.05, 0) is 11.6 Å². The molecule has 4 nitrogen and oxygen atoms in total. The Balaban J connectivity index is 2.10. The highest BCUT2D eigenvalue weighted by Crippen LogP contribution is 2.15. The number of nitrogens with zero attached hydrogens (tertiary/aromatic N) is 1. The standard InChI is InChI=1S/C16H15NO3/c1-17-11-14(19)15(16(17)20)13(18)10-6-5-9-12-7-3-2-4-8-12/h2-10,18H,11H2,1H3/b9-5+,10-6+,15-13?. The van der Waals surface area contributed by atoms with Crippen LogP contribution < -0.4 is 0 Å². The van der Waals surface area contributed by atoms with Crippen LogP contribution in [0.3, 0.4) is 0 Å². The fourth-order valence-electron chi connectivity index (χ4n) is 1.89. The number of likely N-dealkylation sites (N-methyl/N-ethyl adjacent to an activating group) is 1. The van der Waals surface area contributed by atoms with Crippen molar-refractivity contribution in [2.45, 2.75) is 0 Å². The van der Waals surface area contributed by atoms with E-state index in [1.54, 1.807) is 12.2 Å². The van der Waals surface area contributed by atoms with Gasteiger partial charge in [0.15, 0.2) is 5.78 Å². The normalized spacial score (nSPS) is 18.6. The van der Waals surface area contributed by atoms with Crippen LogP contribution >= 0.6 is 0 Å². The van der Waals surface area contributed by atoms with E-state index in [1.165, 1.54) is 18.0 Å². The average Bonchev–Trinajstić information content (AvgIpc) is 2.69. The van der Waals surface area contributed by atoms with Gasteiger partial charge in [0.05, 0.1) is 6.54 Å². The van der Waals surface area contributed by atoms with E-state index in [1.807, 2.05) is 36.4 Å². The number of aliphatic hydroxyl groups is 1. The van der Waals surface area contributed by atoms with Crippen molar-refractivity contribution in [2.75, 3.05) is 13.6 Å². The van der Waals surface area contributed by atoms with Crippen LogP contribution in [0.2, 0.25) is 0 Å². The smallest absolute Gasteiger partial charge is 0.261 e. The molecule has 1 saturated heterocycles. The number of ketones is 1. The molecule has 20 heavy (non-hydrogen) atoms. The van der Waals surface area contributed by atoms with E-state index in [0.29, 0.717) is 0 Å². The van der Waals surface area contributed by atoms with Crippen LogP contribution in [-0.2, 0) is 9.59 Å². The van der Waals surface area contributed by atoms with Crippen LogP contribution in [0.25, 0.3) is 6.08 Å². The van der Waals surface area contributed by atoms with Gasteiger partial charge in [-0.1, -0.05) is 48.6 Å². The van der Waals surface area contributed by atoms with Crippen molar-refractivity contribution in [3.63, 3.8) is 0 Å². The number of carbonyl (C=O) groups excluding carboxylic acids is 2. The molecule has 1 aliphatic rings. The third-order valence-corrected chi connectivity index (χ3v) is 2.93. The number of benzene rings is 1. The highest BCUT2D eigenvalue weighted by atomic mass is 16.3. The Kier molecular flexibility index (Phi) is 4.15. The van der Waals surface area contributed by atoms with Crippen molar-refractivity contribution in [1.82, 2.24) is 4.90 Å². The van der Waals surface area contributed by atoms with Gasteiger partial charge in [-0.3, -0.25) is 9.59 Å². The zero-order chi connectivity index (χ0) is 14.5. The first-order valence-corrected chi connectivity index (χ1v) is 6.21. The molecule has 1 heterocycles. The van der Waals surface area contributed by atoms with Crippen molar-refractivity contribution in [2.24, 2.45) is 0 Å². The minimum Gasteiger partial charge on any atom is -0.507 e. The number of aliphatic hydroxyl groups excluding tert-OH is 1. The molecule has 1 aliphatic heterocycles. The number of carbonyl (C=O) groups is 2. The lowest BCUT2D eigenvalue weighted by Crippen LogP contribution is -2.19. The maximum absolute atomic E-state index is 11.6. The molecule has 0 aliphatic carbocycles. The first kappa shape index (κ1) is 13.8. The number of hydrogen-bond acceptors (Lipinski definition) is 3. The molecule has 1 N–H and O–H groups in total. The van der Waals surface area contributed by atoms with E-state index < -0.39 is 5.91 Å². The molecule has 1 aromatic rings. The van der Waals surface area contributed by atoms with Gasteiger partial charge in [-0.15, -0.1) is 0 Å². The van der Waals surface area contributed by atoms with Crippen molar-refractivity contribution < 1.29 is 14.7 Å². The summed E-state index contributed by atoms with van der Waals surface area (Å²) in [6, 6.07) is 9.67. The van der Waals surface area contributed by atoms with Crippen molar-refractivity contribution in [3.8, 4) is 0 Å². The Bertz CT molecular complexity index is 612. The zero-order valence-corrected chi connectivity index (χ0v) is 11.1. The highest BCUT2D eigenvalue weighted by molar-refractivity contribution is 6.25. The number of allylic oxidation sites excluding steroid dienone is 3. The molecule has 0 radical (unpaired) electrons. The van der Waals surface area contributed by atoms with E-state index in [4.69, 9.17) is 0 Å². The van der Waals surface area contributed by atoms with Gasteiger partial charge in [0.25, 0.3) is 5.91 Å². The van der Waals surface area contributed by atoms with Crippen LogP contribution in [0.15, 0.2) is 59.9 Å². The van der Waals surface area contributed by atoms with Gasteiger partial charge in [-0.2, -0.15) is 0 Å². The molecule has 0 unspecified atom stereocenters. The Morgan fingerprint density at radius 3 is 2.50 bits per heavy atom. The Morgan fingerprint density at radius 1 is 1.20 bits per heavy atom. The predicted molar refractivity (Wildman–Crippen MR) is 76.9 cm³/mol. The van der Waals surface area contributed by atoms with E-state index >= 15 is 0 Å². The summed E-state index contributed by atoms with van der Waals surface area (Å²) in [7, 11) is 1.53. The molecule has 1 fully saturated rings. The first-order valence-electron chi connectivity index (χ1n) is 6.21. The summed E-state index contributed by atoms with van der Waals surface area (Å²) in [5, 5.41) is 9.80. The van der Waals surface area contributed by atoms with Gasteiger partial charge in [-0.25, -0.2) is 0 Å². The lowest BCUT2D eigenvalue weighted by molar-refractivity contribution is -0.123. The number of likely N-dealkylation sites (tertiary alicyclic amines) is 1. The second-order valence-corrected chi connectivity index (χ2v) is 4.47. The third kappa shape index (κ3) is 3.03. The SMILES string of the molecule is CN1CC(=O)C(=C(O)/C=C/C=C/c2ccccc2)C1=O. The zero-order valence-electron chi connectivity index (χ0n) is 11.1. The van der Waals surface area contributed by atoms with Crippen molar-refractivity contribution in [1.29, 1.82) is 0 Å².